The molecule has 0 radical (unpaired) electrons. The van der Waals surface area contributed by atoms with Crippen molar-refractivity contribution in [3.8, 4) is 11.3 Å². The number of piperazine rings is 1. The van der Waals surface area contributed by atoms with E-state index in [0.29, 0.717) is 18.0 Å². The lowest BCUT2D eigenvalue weighted by Crippen LogP contribution is -2.46. The number of hydrogen-bond donors (Lipinski definition) is 1. The lowest BCUT2D eigenvalue weighted by atomic mass is 9.88. The van der Waals surface area contributed by atoms with Crippen molar-refractivity contribution in [1.29, 1.82) is 0 Å². The second-order valence-electron chi connectivity index (χ2n) is 13.7. The number of H-pyrrole nitrogens is 1. The molecule has 43 heavy (non-hydrogen) atoms. The molecular weight excluding hydrogens is 550 g/mol. The average molecular weight is 596 g/mol. The van der Waals surface area contributed by atoms with Crippen LogP contribution in [-0.4, -0.2) is 75.4 Å². The van der Waals surface area contributed by atoms with Gasteiger partial charge in [0.15, 0.2) is 0 Å². The van der Waals surface area contributed by atoms with Crippen LogP contribution in [0.3, 0.4) is 0 Å². The number of aromatic nitrogens is 2. The molecule has 3 aromatic heterocycles. The summed E-state index contributed by atoms with van der Waals surface area (Å²) < 4.78 is 0. The number of aromatic amines is 1. The lowest BCUT2D eigenvalue weighted by Gasteiger charge is -2.34. The number of pyridine rings is 1. The first-order valence-corrected chi connectivity index (χ1v) is 17.0. The maximum Gasteiger partial charge on any atom is 0.233 e. The highest BCUT2D eigenvalue weighted by molar-refractivity contribution is 7.19. The Hall–Kier alpha value is -3.00. The van der Waals surface area contributed by atoms with Gasteiger partial charge in [-0.15, -0.1) is 11.3 Å². The van der Waals surface area contributed by atoms with Crippen molar-refractivity contribution in [2.24, 2.45) is 0 Å². The van der Waals surface area contributed by atoms with Crippen LogP contribution in [0.4, 0.5) is 0 Å². The van der Waals surface area contributed by atoms with Gasteiger partial charge in [-0.3, -0.25) is 14.7 Å². The number of amides is 1. The first-order valence-electron chi connectivity index (χ1n) is 16.2. The van der Waals surface area contributed by atoms with Crippen LogP contribution >= 0.6 is 11.3 Å². The molecule has 3 aliphatic rings. The Morgan fingerprint density at radius 2 is 1.56 bits per heavy atom. The zero-order chi connectivity index (χ0) is 29.7. The van der Waals surface area contributed by atoms with Gasteiger partial charge in [-0.25, -0.2) is 0 Å². The number of nitrogens with zero attached hydrogens (tertiary/aromatic N) is 4. The molecule has 3 fully saturated rings. The van der Waals surface area contributed by atoms with Gasteiger partial charge in [0.1, 0.15) is 4.83 Å². The summed E-state index contributed by atoms with van der Waals surface area (Å²) >= 11 is 1.79. The zero-order valence-electron chi connectivity index (χ0n) is 26.2. The molecular formula is C36H45N5OS. The number of thiophene rings is 1. The molecule has 1 aromatic carbocycles. The van der Waals surface area contributed by atoms with Crippen LogP contribution in [0, 0.1) is 13.8 Å². The maximum atomic E-state index is 14.0. The van der Waals surface area contributed by atoms with Gasteiger partial charge in [0, 0.05) is 74.0 Å². The lowest BCUT2D eigenvalue weighted by molar-refractivity contribution is -0.137. The number of carbonyl (C=O) groups excluding carboxylic acids is 1. The largest absolute Gasteiger partial charge is 0.346 e. The summed E-state index contributed by atoms with van der Waals surface area (Å²) in [6.07, 6.45) is 9.49. The molecule has 226 valence electrons. The predicted molar refractivity (Wildman–Crippen MR) is 177 cm³/mol. The molecule has 0 unspecified atom stereocenters. The minimum Gasteiger partial charge on any atom is -0.346 e. The molecule has 4 aromatic rings. The Morgan fingerprint density at radius 1 is 0.930 bits per heavy atom. The van der Waals surface area contributed by atoms with Crippen molar-refractivity contribution in [3.05, 3.63) is 75.9 Å². The molecule has 1 N–H and O–H groups in total. The number of hydrogen-bond acceptors (Lipinski definition) is 5. The summed E-state index contributed by atoms with van der Waals surface area (Å²) in [5, 5.41) is 1.30. The number of carbonyl (C=O) groups is 1. The monoisotopic (exact) mass is 595 g/mol. The second kappa shape index (κ2) is 11.5. The summed E-state index contributed by atoms with van der Waals surface area (Å²) in [4.78, 5) is 31.8. The minimum atomic E-state index is -0.516. The van der Waals surface area contributed by atoms with Gasteiger partial charge in [0.2, 0.25) is 5.91 Å². The molecule has 7 rings (SSSR count). The molecule has 0 atom stereocenters. The number of fused-ring (bicyclic) bond motifs is 3. The number of benzene rings is 1. The number of aryl methyl sites for hydroxylation is 2. The van der Waals surface area contributed by atoms with Gasteiger partial charge < -0.3 is 14.8 Å². The normalized spacial score (nSPS) is 21.3. The van der Waals surface area contributed by atoms with Crippen LogP contribution < -0.4 is 0 Å². The predicted octanol–water partition coefficient (Wildman–Crippen LogP) is 6.70. The van der Waals surface area contributed by atoms with Crippen molar-refractivity contribution in [2.45, 2.75) is 83.8 Å². The van der Waals surface area contributed by atoms with E-state index in [2.05, 4.69) is 88.8 Å². The highest BCUT2D eigenvalue weighted by Crippen LogP contribution is 2.44. The van der Waals surface area contributed by atoms with Crippen LogP contribution in [0.1, 0.15) is 66.7 Å². The number of rotatable bonds is 8. The third-order valence-electron chi connectivity index (χ3n) is 10.2. The highest BCUT2D eigenvalue weighted by atomic mass is 32.1. The average Bonchev–Trinajstić information content (AvgIpc) is 3.77. The van der Waals surface area contributed by atoms with Gasteiger partial charge in [0.25, 0.3) is 0 Å². The van der Waals surface area contributed by atoms with E-state index < -0.39 is 5.41 Å². The molecule has 0 saturated carbocycles. The van der Waals surface area contributed by atoms with Crippen LogP contribution in [0.25, 0.3) is 21.5 Å². The standard InChI is InChI=1S/C36H45N5OS/c1-24-19-25(2)21-27(20-24)33-30(11-14-39-15-17-40(18-16-39)23-26-9-12-37-13-10-26)31-22-32(43-34(31)38-33)36(3,4)35(42)41-28-5-6-29(41)8-7-28/h9-10,12-13,19-22,28-29,38H,5-8,11,14-18,23H2,1-4H3. The Kier molecular flexibility index (Phi) is 7.68. The fraction of sp³-hybridized carbons (Fsp3) is 0.500. The van der Waals surface area contributed by atoms with Gasteiger partial charge in [-0.2, -0.15) is 0 Å². The second-order valence-corrected chi connectivity index (χ2v) is 14.8. The molecule has 6 heterocycles. The quantitative estimate of drug-likeness (QED) is 0.246. The first-order chi connectivity index (χ1) is 20.8. The molecule has 7 heteroatoms. The fourth-order valence-electron chi connectivity index (χ4n) is 7.82. The smallest absolute Gasteiger partial charge is 0.233 e. The minimum absolute atomic E-state index is 0.321. The van der Waals surface area contributed by atoms with Crippen molar-refractivity contribution >= 4 is 27.5 Å². The molecule has 1 amide bonds. The van der Waals surface area contributed by atoms with Crippen LogP contribution in [0.5, 0.6) is 0 Å². The molecule has 0 spiro atoms. The summed E-state index contributed by atoms with van der Waals surface area (Å²) in [6, 6.07) is 14.4. The molecule has 2 bridgehead atoms. The molecule has 3 saturated heterocycles. The summed E-state index contributed by atoms with van der Waals surface area (Å²) in [5.74, 6) is 0.321. The zero-order valence-corrected chi connectivity index (χ0v) is 27.0. The summed E-state index contributed by atoms with van der Waals surface area (Å²) in [6.45, 7) is 15.1. The van der Waals surface area contributed by atoms with E-state index in [1.54, 1.807) is 11.3 Å². The Labute approximate surface area is 260 Å². The van der Waals surface area contributed by atoms with E-state index in [0.717, 1.165) is 45.7 Å². The van der Waals surface area contributed by atoms with E-state index in [-0.39, 0.29) is 0 Å². The molecule has 0 aliphatic carbocycles. The van der Waals surface area contributed by atoms with Crippen LogP contribution in [0.2, 0.25) is 0 Å². The van der Waals surface area contributed by atoms with Crippen molar-refractivity contribution < 1.29 is 4.79 Å². The maximum absolute atomic E-state index is 14.0. The van der Waals surface area contributed by atoms with Crippen LogP contribution in [0.15, 0.2) is 48.8 Å². The van der Waals surface area contributed by atoms with E-state index in [1.807, 2.05) is 12.4 Å². The van der Waals surface area contributed by atoms with Crippen molar-refractivity contribution in [3.63, 3.8) is 0 Å². The highest BCUT2D eigenvalue weighted by Gasteiger charge is 2.47. The Morgan fingerprint density at radius 3 is 2.21 bits per heavy atom. The Bertz CT molecular complexity index is 1570. The topological polar surface area (TPSA) is 55.5 Å². The van der Waals surface area contributed by atoms with Gasteiger partial charge in [-0.1, -0.05) is 17.2 Å². The summed E-state index contributed by atoms with van der Waals surface area (Å²) in [5.41, 5.74) is 7.31. The SMILES string of the molecule is Cc1cc(C)cc(-c2[nH]c3sc(C(C)(C)C(=O)N4C5CCC4CC5)cc3c2CCN2CCN(Cc3ccncc3)CC2)c1. The third-order valence-corrected chi connectivity index (χ3v) is 11.6. The third kappa shape index (κ3) is 5.56. The molecule has 6 nitrogen and oxygen atoms in total. The van der Waals surface area contributed by atoms with E-state index in [4.69, 9.17) is 0 Å². The van der Waals surface area contributed by atoms with E-state index >= 15 is 0 Å². The first kappa shape index (κ1) is 28.8. The Balaban J connectivity index is 1.13. The van der Waals surface area contributed by atoms with E-state index in [9.17, 15) is 4.79 Å². The van der Waals surface area contributed by atoms with E-state index in [1.165, 1.54) is 74.3 Å². The van der Waals surface area contributed by atoms with Gasteiger partial charge in [-0.05, 0) is 107 Å². The van der Waals surface area contributed by atoms with Gasteiger partial charge in [0.05, 0.1) is 11.1 Å². The summed E-state index contributed by atoms with van der Waals surface area (Å²) in [7, 11) is 0. The fourth-order valence-corrected chi connectivity index (χ4v) is 9.01. The number of nitrogens with one attached hydrogen (secondary N) is 1. The van der Waals surface area contributed by atoms with Crippen molar-refractivity contribution in [1.82, 2.24) is 24.7 Å². The van der Waals surface area contributed by atoms with Gasteiger partial charge >= 0.3 is 0 Å². The molecule has 3 aliphatic heterocycles. The van der Waals surface area contributed by atoms with Crippen molar-refractivity contribution in [2.75, 3.05) is 32.7 Å². The van der Waals surface area contributed by atoms with Crippen LogP contribution in [-0.2, 0) is 23.2 Å².